The minimum Gasteiger partial charge on any atom is -0.493 e. The van der Waals surface area contributed by atoms with Gasteiger partial charge in [0.15, 0.2) is 0 Å². The predicted molar refractivity (Wildman–Crippen MR) is 93.6 cm³/mol. The summed E-state index contributed by atoms with van der Waals surface area (Å²) in [6.45, 7) is 6.78. The monoisotopic (exact) mass is 407 g/mol. The number of aromatic amines is 1. The van der Waals surface area contributed by atoms with Gasteiger partial charge in [-0.2, -0.15) is 0 Å². The Bertz CT molecular complexity index is 1020. The van der Waals surface area contributed by atoms with Crippen molar-refractivity contribution in [1.82, 2.24) is 4.98 Å². The Kier molecular flexibility index (Phi) is 7.00. The lowest BCUT2D eigenvalue weighted by Crippen LogP contribution is -2.70. The number of halogens is 1. The Morgan fingerprint density at radius 1 is 0.964 bits per heavy atom. The van der Waals surface area contributed by atoms with Crippen molar-refractivity contribution in [2.24, 2.45) is 0 Å². The van der Waals surface area contributed by atoms with Crippen molar-refractivity contribution < 1.29 is 38.6 Å². The van der Waals surface area contributed by atoms with E-state index in [0.29, 0.717) is 6.61 Å². The number of H-pyrrole nitrogens is 1. The number of fused-ring (bicyclic) bond motifs is 1. The molecule has 3 rings (SSSR count). The number of hydrogen-bond donors (Lipinski definition) is 3. The number of anilines is 1. The Hall–Kier alpha value is -2.62. The summed E-state index contributed by atoms with van der Waals surface area (Å²) in [5, 5.41) is 3.23. The lowest BCUT2D eigenvalue weighted by atomic mass is 10.2. The number of hydrogen-bond acceptors (Lipinski definition) is 6. The summed E-state index contributed by atoms with van der Waals surface area (Å²) in [6.07, 6.45) is 0. The molecule has 1 aromatic heterocycles. The van der Waals surface area contributed by atoms with Gasteiger partial charge >= 0.3 is 0 Å². The summed E-state index contributed by atoms with van der Waals surface area (Å²) in [4.78, 5) is 6.88. The zero-order valence-electron chi connectivity index (χ0n) is 15.7. The molecule has 0 atom stereocenters. The molecule has 0 spiro atoms. The number of para-hydroxylation sites is 2. The third-order valence-electron chi connectivity index (χ3n) is 3.93. The average Bonchev–Trinajstić information content (AvgIpc) is 2.76. The van der Waals surface area contributed by atoms with Crippen LogP contribution in [-0.4, -0.2) is 11.6 Å². The maximum absolute atomic E-state index is 8.49. The van der Waals surface area contributed by atoms with Crippen molar-refractivity contribution in [2.45, 2.75) is 20.8 Å². The molecule has 0 amide bonds. The molecule has 28 heavy (non-hydrogen) atoms. The number of nitrogens with one attached hydrogen (secondary N) is 2. The summed E-state index contributed by atoms with van der Waals surface area (Å²) in [5.41, 5.74) is 9.89. The van der Waals surface area contributed by atoms with E-state index in [1.54, 1.807) is 0 Å². The van der Waals surface area contributed by atoms with E-state index in [1.165, 1.54) is 0 Å². The van der Waals surface area contributed by atoms with Crippen molar-refractivity contribution in [2.75, 3.05) is 12.3 Å². The summed E-state index contributed by atoms with van der Waals surface area (Å²) in [7, 11) is -4.94. The molecule has 0 saturated heterocycles. The van der Waals surface area contributed by atoms with Gasteiger partial charge in [0, 0.05) is 23.5 Å². The zero-order valence-corrected chi connectivity index (χ0v) is 16.5. The van der Waals surface area contributed by atoms with Crippen molar-refractivity contribution in [3.63, 3.8) is 0 Å². The van der Waals surface area contributed by atoms with Gasteiger partial charge in [-0.25, -0.2) is 23.6 Å². The zero-order chi connectivity index (χ0) is 20.9. The van der Waals surface area contributed by atoms with Crippen molar-refractivity contribution in [3.8, 4) is 5.75 Å². The van der Waals surface area contributed by atoms with Crippen LogP contribution in [0.1, 0.15) is 18.3 Å². The Morgan fingerprint density at radius 3 is 2.18 bits per heavy atom. The molecule has 0 aliphatic rings. The molecule has 0 radical (unpaired) electrons. The second-order valence-corrected chi connectivity index (χ2v) is 6.71. The molecule has 0 aliphatic heterocycles. The minimum absolute atomic E-state index is 0.636. The first-order chi connectivity index (χ1) is 13.1. The van der Waals surface area contributed by atoms with Crippen LogP contribution in [0.25, 0.3) is 10.8 Å². The summed E-state index contributed by atoms with van der Waals surface area (Å²) in [5.74, 6) is 0.887. The van der Waals surface area contributed by atoms with E-state index < -0.39 is 10.2 Å². The molecule has 0 aliphatic carbocycles. The van der Waals surface area contributed by atoms with Crippen molar-refractivity contribution >= 4 is 22.1 Å². The van der Waals surface area contributed by atoms with Crippen LogP contribution >= 0.6 is 0 Å². The van der Waals surface area contributed by atoms with Crippen LogP contribution in [0.15, 0.2) is 42.5 Å². The van der Waals surface area contributed by atoms with E-state index in [1.807, 2.05) is 43.3 Å². The molecule has 4 N–H and O–H groups in total. The van der Waals surface area contributed by atoms with Gasteiger partial charge in [-0.15, -0.1) is 10.2 Å². The number of ether oxygens (including phenoxy) is 1. The quantitative estimate of drug-likeness (QED) is 0.401. The molecule has 0 bridgehead atoms. The molecule has 1 heterocycles. The lowest BCUT2D eigenvalue weighted by molar-refractivity contribution is -2.00. The van der Waals surface area contributed by atoms with Gasteiger partial charge in [0.2, 0.25) is 11.0 Å². The Balaban J connectivity index is 0.000000500. The first-order valence-corrected chi connectivity index (χ1v) is 9.66. The topological polar surface area (TPSA) is 157 Å². The van der Waals surface area contributed by atoms with Gasteiger partial charge in [-0.3, -0.25) is 0 Å². The highest BCUT2D eigenvalue weighted by Crippen LogP contribution is 2.27. The maximum Gasteiger partial charge on any atom is 0.227 e. The third-order valence-corrected chi connectivity index (χ3v) is 3.93. The number of aryl methyl sites for hydroxylation is 2. The standard InChI is InChI=1S/C19H21N3O.ClHO4/c1-4-23-17-11-7-10-16(18-12(2)21-13(3)19(17)18)22-15-9-6-5-8-14(15)20;2-1(3,4)5/h5-11,21H,4,20H2,1-3H3;(H,2,3,4,5). The number of nitrogens with two attached hydrogens (primary N) is 1. The summed E-state index contributed by atoms with van der Waals surface area (Å²) in [6, 6.07) is 13.8. The van der Waals surface area contributed by atoms with Crippen LogP contribution in [0.2, 0.25) is 0 Å². The molecule has 2 aromatic carbocycles. The van der Waals surface area contributed by atoms with Gasteiger partial charge < -0.3 is 15.5 Å². The fourth-order valence-corrected chi connectivity index (χ4v) is 2.96. The van der Waals surface area contributed by atoms with Crippen LogP contribution in [0.5, 0.6) is 5.75 Å². The van der Waals surface area contributed by atoms with E-state index in [-0.39, 0.29) is 0 Å². The van der Waals surface area contributed by atoms with Gasteiger partial charge in [-0.1, -0.05) is 18.2 Å². The van der Waals surface area contributed by atoms with E-state index in [9.17, 15) is 0 Å². The van der Waals surface area contributed by atoms with Crippen LogP contribution in [0.4, 0.5) is 11.4 Å². The second kappa shape index (κ2) is 9.05. The fourth-order valence-electron chi connectivity index (χ4n) is 2.96. The summed E-state index contributed by atoms with van der Waals surface area (Å²) < 4.78 is 39.8. The highest BCUT2D eigenvalue weighted by atomic mass is 35.7. The number of benzene rings is 1. The van der Waals surface area contributed by atoms with Crippen LogP contribution < -0.4 is 39.5 Å². The highest BCUT2D eigenvalue weighted by Gasteiger charge is 2.13. The van der Waals surface area contributed by atoms with E-state index >= 15 is 0 Å². The Labute approximate surface area is 164 Å². The molecular weight excluding hydrogens is 386 g/mol. The van der Waals surface area contributed by atoms with Gasteiger partial charge in [0.05, 0.1) is 17.4 Å². The maximum atomic E-state index is 8.49. The molecule has 3 aromatic rings. The molecule has 0 saturated carbocycles. The second-order valence-electron chi connectivity index (χ2n) is 5.95. The molecule has 9 heteroatoms. The number of aromatic nitrogens is 1. The highest BCUT2D eigenvalue weighted by molar-refractivity contribution is 5.92. The fraction of sp³-hybridized carbons (Fsp3) is 0.211. The van der Waals surface area contributed by atoms with Crippen molar-refractivity contribution in [1.29, 1.82) is 0 Å². The van der Waals surface area contributed by atoms with E-state index in [0.717, 1.165) is 44.6 Å². The molecule has 0 unspecified atom stereocenters. The normalized spacial score (nSPS) is 11.9. The number of nitrogen functional groups attached to an aromatic ring is 1. The molecular formula is C19H22ClN3O5. The van der Waals surface area contributed by atoms with Gasteiger partial charge in [-0.05, 0) is 32.9 Å². The Morgan fingerprint density at radius 2 is 1.57 bits per heavy atom. The van der Waals surface area contributed by atoms with Crippen molar-refractivity contribution in [3.05, 3.63) is 59.2 Å². The third kappa shape index (κ3) is 5.69. The largest absolute Gasteiger partial charge is 0.493 e. The van der Waals surface area contributed by atoms with Gasteiger partial charge in [0.1, 0.15) is 11.4 Å². The van der Waals surface area contributed by atoms with Crippen LogP contribution in [0.3, 0.4) is 0 Å². The smallest absolute Gasteiger partial charge is 0.227 e. The SMILES string of the molecule is CCOc1cccc(=[NH+]c2ccccc2N)c2c(C)[nH]c(C)c12.[O-][Cl+3]([O-])([O-])[O-]. The lowest BCUT2D eigenvalue weighted by Gasteiger charge is -2.17. The van der Waals surface area contributed by atoms with E-state index in [2.05, 4.69) is 29.9 Å². The average molecular weight is 408 g/mol. The van der Waals surface area contributed by atoms with Gasteiger partial charge in [0.25, 0.3) is 0 Å². The number of rotatable bonds is 3. The first-order valence-electron chi connectivity index (χ1n) is 8.43. The minimum atomic E-state index is -4.94. The van der Waals surface area contributed by atoms with E-state index in [4.69, 9.17) is 29.1 Å². The summed E-state index contributed by atoms with van der Waals surface area (Å²) >= 11 is 0. The predicted octanol–water partition coefficient (Wildman–Crippen LogP) is -2.68. The molecule has 150 valence electrons. The van der Waals surface area contributed by atoms with Crippen LogP contribution in [-0.2, 0) is 0 Å². The van der Waals surface area contributed by atoms with Crippen LogP contribution in [0, 0.1) is 24.1 Å². The molecule has 0 fully saturated rings. The first kappa shape index (κ1) is 21.7. The molecule has 8 nitrogen and oxygen atoms in total.